The molecule has 1 fully saturated rings. The predicted octanol–water partition coefficient (Wildman–Crippen LogP) is 2.19. The Balaban J connectivity index is 1.87. The Morgan fingerprint density at radius 2 is 2.36 bits per heavy atom. The molecule has 0 radical (unpaired) electrons. The molecule has 0 saturated heterocycles. The van der Waals surface area contributed by atoms with Gasteiger partial charge in [0.05, 0.1) is 5.69 Å². The number of rotatable bonds is 4. The molecule has 1 aliphatic carbocycles. The maximum Gasteiger partial charge on any atom is 0.202 e. The normalized spacial score (nSPS) is 18.2. The molecule has 0 bridgehead atoms. The molecule has 14 heavy (non-hydrogen) atoms. The first-order valence-corrected chi connectivity index (χ1v) is 5.40. The minimum absolute atomic E-state index is 0.784. The summed E-state index contributed by atoms with van der Waals surface area (Å²) in [5.41, 5.74) is 1.08. The van der Waals surface area contributed by atoms with E-state index < -0.39 is 0 Å². The van der Waals surface area contributed by atoms with E-state index in [-0.39, 0.29) is 0 Å². The fourth-order valence-electron chi connectivity index (χ4n) is 1.86. The van der Waals surface area contributed by atoms with Crippen molar-refractivity contribution in [2.45, 2.75) is 26.7 Å². The van der Waals surface area contributed by atoms with E-state index in [0.717, 1.165) is 30.0 Å². The van der Waals surface area contributed by atoms with Crippen molar-refractivity contribution >= 4 is 5.95 Å². The van der Waals surface area contributed by atoms with Crippen LogP contribution in [0.25, 0.3) is 0 Å². The Labute approximate surface area is 85.5 Å². The lowest BCUT2D eigenvalue weighted by Crippen LogP contribution is -2.15. The molecule has 1 atom stereocenters. The van der Waals surface area contributed by atoms with E-state index >= 15 is 0 Å². The van der Waals surface area contributed by atoms with Gasteiger partial charge in [-0.25, -0.2) is 4.98 Å². The molecule has 1 heterocycles. The average Bonchev–Trinajstić information content (AvgIpc) is 2.90. The third-order valence-electron chi connectivity index (χ3n) is 3.01. The van der Waals surface area contributed by atoms with Crippen LogP contribution >= 0.6 is 0 Å². The number of imidazole rings is 1. The van der Waals surface area contributed by atoms with E-state index in [0.29, 0.717) is 0 Å². The van der Waals surface area contributed by atoms with Gasteiger partial charge >= 0.3 is 0 Å². The molecule has 1 N–H and O–H groups in total. The van der Waals surface area contributed by atoms with Gasteiger partial charge in [0.15, 0.2) is 0 Å². The van der Waals surface area contributed by atoms with E-state index in [1.54, 1.807) is 0 Å². The van der Waals surface area contributed by atoms with Gasteiger partial charge in [-0.2, -0.15) is 0 Å². The number of anilines is 1. The molecule has 0 aromatic carbocycles. The van der Waals surface area contributed by atoms with Crippen molar-refractivity contribution in [2.75, 3.05) is 11.9 Å². The van der Waals surface area contributed by atoms with Crippen LogP contribution in [0.2, 0.25) is 0 Å². The van der Waals surface area contributed by atoms with Gasteiger partial charge in [0.25, 0.3) is 0 Å². The molecule has 0 aliphatic heterocycles. The van der Waals surface area contributed by atoms with E-state index in [1.165, 1.54) is 12.8 Å². The first kappa shape index (κ1) is 9.56. The first-order chi connectivity index (χ1) is 6.66. The average molecular weight is 193 g/mol. The Morgan fingerprint density at radius 1 is 1.64 bits per heavy atom. The molecule has 3 nitrogen and oxygen atoms in total. The largest absolute Gasteiger partial charge is 0.355 e. The summed E-state index contributed by atoms with van der Waals surface area (Å²) in [6.07, 6.45) is 4.88. The Hall–Kier alpha value is -0.990. The van der Waals surface area contributed by atoms with Crippen molar-refractivity contribution in [1.82, 2.24) is 9.55 Å². The molecular formula is C11H19N3. The monoisotopic (exact) mass is 193 g/mol. The molecule has 1 saturated carbocycles. The van der Waals surface area contributed by atoms with Crippen molar-refractivity contribution in [3.63, 3.8) is 0 Å². The smallest absolute Gasteiger partial charge is 0.202 e. The lowest BCUT2D eigenvalue weighted by Gasteiger charge is -2.11. The fraction of sp³-hybridized carbons (Fsp3) is 0.727. The van der Waals surface area contributed by atoms with Gasteiger partial charge in [-0.15, -0.1) is 0 Å². The van der Waals surface area contributed by atoms with E-state index in [1.807, 2.05) is 20.2 Å². The summed E-state index contributed by atoms with van der Waals surface area (Å²) < 4.78 is 2.05. The Kier molecular flexibility index (Phi) is 2.48. The fourth-order valence-corrected chi connectivity index (χ4v) is 1.86. The van der Waals surface area contributed by atoms with Crippen LogP contribution in [0.3, 0.4) is 0 Å². The highest BCUT2D eigenvalue weighted by atomic mass is 15.2. The van der Waals surface area contributed by atoms with E-state index in [4.69, 9.17) is 0 Å². The standard InChI is InChI=1S/C11H19N3/c1-8(10-4-5-10)6-12-11-13-9(2)7-14(11)3/h7-8,10H,4-6H2,1-3H3,(H,12,13). The highest BCUT2D eigenvalue weighted by molar-refractivity contribution is 5.28. The van der Waals surface area contributed by atoms with E-state index in [2.05, 4.69) is 21.8 Å². The number of hydrogen-bond donors (Lipinski definition) is 1. The molecule has 0 spiro atoms. The van der Waals surface area contributed by atoms with Crippen molar-refractivity contribution in [3.8, 4) is 0 Å². The van der Waals surface area contributed by atoms with Crippen LogP contribution in [0.5, 0.6) is 0 Å². The van der Waals surface area contributed by atoms with Gasteiger partial charge in [-0.05, 0) is 31.6 Å². The Morgan fingerprint density at radius 3 is 2.86 bits per heavy atom. The van der Waals surface area contributed by atoms with Crippen molar-refractivity contribution in [3.05, 3.63) is 11.9 Å². The topological polar surface area (TPSA) is 29.9 Å². The third kappa shape index (κ3) is 2.08. The van der Waals surface area contributed by atoms with Gasteiger partial charge < -0.3 is 9.88 Å². The third-order valence-corrected chi connectivity index (χ3v) is 3.01. The van der Waals surface area contributed by atoms with Gasteiger partial charge in [-0.3, -0.25) is 0 Å². The number of nitrogens with zero attached hydrogens (tertiary/aromatic N) is 2. The molecule has 78 valence electrons. The van der Waals surface area contributed by atoms with Crippen molar-refractivity contribution < 1.29 is 0 Å². The van der Waals surface area contributed by atoms with Gasteiger partial charge in [0.2, 0.25) is 5.95 Å². The molecular weight excluding hydrogens is 174 g/mol. The second kappa shape index (κ2) is 3.64. The molecule has 1 aromatic rings. The molecule has 2 rings (SSSR count). The molecule has 1 aromatic heterocycles. The van der Waals surface area contributed by atoms with Crippen LogP contribution < -0.4 is 5.32 Å². The van der Waals surface area contributed by atoms with Crippen molar-refractivity contribution in [2.24, 2.45) is 18.9 Å². The van der Waals surface area contributed by atoms with E-state index in [9.17, 15) is 0 Å². The summed E-state index contributed by atoms with van der Waals surface area (Å²) in [4.78, 5) is 4.41. The second-order valence-electron chi connectivity index (χ2n) is 4.51. The predicted molar refractivity (Wildman–Crippen MR) is 58.3 cm³/mol. The zero-order chi connectivity index (χ0) is 10.1. The summed E-state index contributed by atoms with van der Waals surface area (Å²) in [5.74, 6) is 2.74. The first-order valence-electron chi connectivity index (χ1n) is 5.40. The highest BCUT2D eigenvalue weighted by Crippen LogP contribution is 2.36. The lowest BCUT2D eigenvalue weighted by atomic mass is 10.1. The summed E-state index contributed by atoms with van der Waals surface area (Å²) in [5, 5.41) is 3.41. The molecule has 3 heteroatoms. The summed E-state index contributed by atoms with van der Waals surface area (Å²) in [7, 11) is 2.03. The Bertz CT molecular complexity index is 312. The van der Waals surface area contributed by atoms with Gasteiger partial charge in [0.1, 0.15) is 0 Å². The van der Waals surface area contributed by atoms with Crippen LogP contribution in [-0.2, 0) is 7.05 Å². The molecule has 1 aliphatic rings. The highest BCUT2D eigenvalue weighted by Gasteiger charge is 2.27. The number of aryl methyl sites for hydroxylation is 2. The minimum Gasteiger partial charge on any atom is -0.355 e. The second-order valence-corrected chi connectivity index (χ2v) is 4.51. The number of hydrogen-bond acceptors (Lipinski definition) is 2. The lowest BCUT2D eigenvalue weighted by molar-refractivity contribution is 0.534. The summed E-state index contributed by atoms with van der Waals surface area (Å²) >= 11 is 0. The van der Waals surface area contributed by atoms with Crippen LogP contribution in [0.15, 0.2) is 6.20 Å². The molecule has 1 unspecified atom stereocenters. The van der Waals surface area contributed by atoms with Crippen LogP contribution in [0, 0.1) is 18.8 Å². The number of aromatic nitrogens is 2. The van der Waals surface area contributed by atoms with Gasteiger partial charge in [-0.1, -0.05) is 6.92 Å². The van der Waals surface area contributed by atoms with Crippen LogP contribution in [-0.4, -0.2) is 16.1 Å². The maximum atomic E-state index is 4.41. The minimum atomic E-state index is 0.784. The van der Waals surface area contributed by atoms with Gasteiger partial charge in [0, 0.05) is 19.8 Å². The van der Waals surface area contributed by atoms with Crippen LogP contribution in [0.1, 0.15) is 25.5 Å². The quantitative estimate of drug-likeness (QED) is 0.794. The maximum absolute atomic E-state index is 4.41. The van der Waals surface area contributed by atoms with Crippen molar-refractivity contribution in [1.29, 1.82) is 0 Å². The zero-order valence-electron chi connectivity index (χ0n) is 9.25. The summed E-state index contributed by atoms with van der Waals surface area (Å²) in [6.45, 7) is 5.39. The number of nitrogens with one attached hydrogen (secondary N) is 1. The zero-order valence-corrected chi connectivity index (χ0v) is 9.25. The van der Waals surface area contributed by atoms with Crippen LogP contribution in [0.4, 0.5) is 5.95 Å². The molecule has 0 amide bonds. The summed E-state index contributed by atoms with van der Waals surface area (Å²) in [6, 6.07) is 0. The SMILES string of the molecule is Cc1cn(C)c(NCC(C)C2CC2)n1.